The van der Waals surface area contributed by atoms with Crippen molar-refractivity contribution in [3.8, 4) is 5.75 Å². The van der Waals surface area contributed by atoms with E-state index in [2.05, 4.69) is 4.90 Å². The second-order valence-corrected chi connectivity index (χ2v) is 11.3. The molecule has 1 fully saturated rings. The molecule has 1 saturated heterocycles. The van der Waals surface area contributed by atoms with Gasteiger partial charge in [0, 0.05) is 38.4 Å². The summed E-state index contributed by atoms with van der Waals surface area (Å²) in [5.41, 5.74) is 3.66. The average molecular weight is 522 g/mol. The predicted molar refractivity (Wildman–Crippen MR) is 147 cm³/mol. The molecule has 0 aromatic heterocycles. The number of aryl methyl sites for hydroxylation is 2. The molecule has 1 heterocycles. The third-order valence-corrected chi connectivity index (χ3v) is 8.82. The number of ether oxygens (including phenoxy) is 1. The third kappa shape index (κ3) is 6.50. The molecular weight excluding hydrogens is 486 g/mol. The lowest BCUT2D eigenvalue weighted by atomic mass is 10.1. The fourth-order valence-electron chi connectivity index (χ4n) is 4.56. The summed E-state index contributed by atoms with van der Waals surface area (Å²) in [5, 5.41) is 0. The maximum Gasteiger partial charge on any atom is 0.243 e. The lowest BCUT2D eigenvalue weighted by molar-refractivity contribution is -0.131. The molecule has 0 aliphatic carbocycles. The molecule has 0 saturated carbocycles. The highest BCUT2D eigenvalue weighted by molar-refractivity contribution is 7.89. The Bertz CT molecular complexity index is 1300. The molecule has 7 nitrogen and oxygen atoms in total. The summed E-state index contributed by atoms with van der Waals surface area (Å²) < 4.78 is 34.1. The van der Waals surface area contributed by atoms with Gasteiger partial charge >= 0.3 is 0 Å². The number of carbonyl (C=O) groups excluding carboxylic acids is 1. The molecule has 0 unspecified atom stereocenters. The van der Waals surface area contributed by atoms with Gasteiger partial charge in [-0.05, 0) is 67.3 Å². The first-order valence-electron chi connectivity index (χ1n) is 12.6. The first-order chi connectivity index (χ1) is 17.8. The van der Waals surface area contributed by atoms with Gasteiger partial charge in [0.15, 0.2) is 0 Å². The molecule has 4 rings (SSSR count). The van der Waals surface area contributed by atoms with E-state index in [-0.39, 0.29) is 23.9 Å². The summed E-state index contributed by atoms with van der Waals surface area (Å²) >= 11 is 0. The molecule has 0 spiro atoms. The van der Waals surface area contributed by atoms with E-state index in [0.717, 1.165) is 22.6 Å². The molecule has 0 N–H and O–H groups in total. The number of hydrogen-bond donors (Lipinski definition) is 0. The Morgan fingerprint density at radius 3 is 2.24 bits per heavy atom. The van der Waals surface area contributed by atoms with Crippen LogP contribution in [0.3, 0.4) is 0 Å². The molecule has 3 aromatic rings. The molecule has 37 heavy (non-hydrogen) atoms. The summed E-state index contributed by atoms with van der Waals surface area (Å²) in [6.07, 6.45) is 0.531. The summed E-state index contributed by atoms with van der Waals surface area (Å²) in [5.74, 6) is 0.634. The van der Waals surface area contributed by atoms with E-state index >= 15 is 0 Å². The van der Waals surface area contributed by atoms with Gasteiger partial charge < -0.3 is 14.5 Å². The number of methoxy groups -OCH3 is 1. The van der Waals surface area contributed by atoms with Crippen LogP contribution in [0, 0.1) is 13.8 Å². The van der Waals surface area contributed by atoms with Crippen LogP contribution in [-0.2, 0) is 21.2 Å². The van der Waals surface area contributed by atoms with Crippen LogP contribution in [0.5, 0.6) is 5.75 Å². The Kier molecular flexibility index (Phi) is 8.51. The molecular formula is C29H35N3O4S. The van der Waals surface area contributed by atoms with Crippen LogP contribution in [0.1, 0.15) is 16.7 Å². The van der Waals surface area contributed by atoms with E-state index < -0.39 is 10.0 Å². The third-order valence-electron chi connectivity index (χ3n) is 6.84. The van der Waals surface area contributed by atoms with Gasteiger partial charge in [0.05, 0.1) is 18.6 Å². The highest BCUT2D eigenvalue weighted by Gasteiger charge is 2.30. The van der Waals surface area contributed by atoms with Gasteiger partial charge in [-0.1, -0.05) is 42.5 Å². The zero-order valence-corrected chi connectivity index (χ0v) is 22.6. The van der Waals surface area contributed by atoms with Gasteiger partial charge in [-0.25, -0.2) is 8.42 Å². The van der Waals surface area contributed by atoms with Crippen LogP contribution >= 0.6 is 0 Å². The van der Waals surface area contributed by atoms with E-state index in [1.807, 2.05) is 73.7 Å². The van der Waals surface area contributed by atoms with Crippen molar-refractivity contribution in [1.82, 2.24) is 9.21 Å². The van der Waals surface area contributed by atoms with E-state index in [1.165, 1.54) is 4.31 Å². The van der Waals surface area contributed by atoms with Crippen molar-refractivity contribution >= 4 is 21.6 Å². The molecule has 196 valence electrons. The smallest absolute Gasteiger partial charge is 0.243 e. The standard InChI is InChI=1S/C29H35N3O4S/c1-23-9-10-24(2)28(21-23)37(34,35)32(16-15-25-7-5-4-6-8-25)22-29(33)31-19-17-30(18-20-31)26-11-13-27(36-3)14-12-26/h4-14,21H,15-20,22H2,1-3H3. The largest absolute Gasteiger partial charge is 0.497 e. The number of anilines is 1. The van der Waals surface area contributed by atoms with Crippen molar-refractivity contribution in [3.05, 3.63) is 89.5 Å². The summed E-state index contributed by atoms with van der Waals surface area (Å²) in [6.45, 7) is 6.18. The van der Waals surface area contributed by atoms with Crippen molar-refractivity contribution in [2.45, 2.75) is 25.2 Å². The Hall–Kier alpha value is -3.36. The number of benzene rings is 3. The van der Waals surface area contributed by atoms with Gasteiger partial charge in [-0.3, -0.25) is 4.79 Å². The van der Waals surface area contributed by atoms with Crippen LogP contribution in [0.15, 0.2) is 77.7 Å². The number of rotatable bonds is 9. The predicted octanol–water partition coefficient (Wildman–Crippen LogP) is 3.89. The van der Waals surface area contributed by atoms with E-state index in [4.69, 9.17) is 4.74 Å². The van der Waals surface area contributed by atoms with E-state index in [1.54, 1.807) is 25.0 Å². The van der Waals surface area contributed by atoms with Gasteiger partial charge in [0.2, 0.25) is 15.9 Å². The van der Waals surface area contributed by atoms with Crippen LogP contribution in [0.4, 0.5) is 5.69 Å². The molecule has 0 atom stereocenters. The minimum atomic E-state index is -3.85. The summed E-state index contributed by atoms with van der Waals surface area (Å²) in [6, 6.07) is 23.0. The van der Waals surface area contributed by atoms with Crippen LogP contribution < -0.4 is 9.64 Å². The number of nitrogens with zero attached hydrogens (tertiary/aromatic N) is 3. The maximum absolute atomic E-state index is 13.8. The summed E-state index contributed by atoms with van der Waals surface area (Å²) in [7, 11) is -2.21. The first-order valence-corrected chi connectivity index (χ1v) is 14.0. The van der Waals surface area contributed by atoms with Crippen LogP contribution in [0.25, 0.3) is 0 Å². The van der Waals surface area contributed by atoms with Crippen molar-refractivity contribution in [2.75, 3.05) is 51.3 Å². The minimum absolute atomic E-state index is 0.170. The quantitative estimate of drug-likeness (QED) is 0.427. The van der Waals surface area contributed by atoms with Gasteiger partial charge in [0.25, 0.3) is 0 Å². The van der Waals surface area contributed by atoms with Gasteiger partial charge in [-0.15, -0.1) is 0 Å². The number of hydrogen-bond acceptors (Lipinski definition) is 5. The lowest BCUT2D eigenvalue weighted by Crippen LogP contribution is -2.52. The Labute approximate surface area is 220 Å². The lowest BCUT2D eigenvalue weighted by Gasteiger charge is -2.37. The normalized spacial score (nSPS) is 14.2. The fraction of sp³-hybridized carbons (Fsp3) is 0.345. The Balaban J connectivity index is 1.47. The summed E-state index contributed by atoms with van der Waals surface area (Å²) in [4.78, 5) is 17.6. The zero-order valence-electron chi connectivity index (χ0n) is 21.8. The second-order valence-electron chi connectivity index (χ2n) is 9.41. The molecule has 3 aromatic carbocycles. The van der Waals surface area contributed by atoms with Crippen molar-refractivity contribution in [1.29, 1.82) is 0 Å². The maximum atomic E-state index is 13.8. The SMILES string of the molecule is COc1ccc(N2CCN(C(=O)CN(CCc3ccccc3)S(=O)(=O)c3cc(C)ccc3C)CC2)cc1. The van der Waals surface area contributed by atoms with E-state index in [9.17, 15) is 13.2 Å². The number of piperazine rings is 1. The Morgan fingerprint density at radius 1 is 0.919 bits per heavy atom. The number of sulfonamides is 1. The molecule has 1 aliphatic rings. The fourth-order valence-corrected chi connectivity index (χ4v) is 6.26. The van der Waals surface area contributed by atoms with Crippen molar-refractivity contribution in [2.24, 2.45) is 0 Å². The topological polar surface area (TPSA) is 70.2 Å². The van der Waals surface area contributed by atoms with Crippen LogP contribution in [-0.4, -0.2) is 69.9 Å². The molecule has 8 heteroatoms. The molecule has 0 bridgehead atoms. The second kappa shape index (κ2) is 11.8. The number of amides is 1. The highest BCUT2D eigenvalue weighted by Crippen LogP contribution is 2.23. The molecule has 1 amide bonds. The highest BCUT2D eigenvalue weighted by atomic mass is 32.2. The monoisotopic (exact) mass is 521 g/mol. The average Bonchev–Trinajstić information content (AvgIpc) is 2.92. The first kappa shape index (κ1) is 26.7. The molecule has 1 aliphatic heterocycles. The van der Waals surface area contributed by atoms with Crippen molar-refractivity contribution in [3.63, 3.8) is 0 Å². The van der Waals surface area contributed by atoms with Gasteiger partial charge in [0.1, 0.15) is 5.75 Å². The Morgan fingerprint density at radius 2 is 1.59 bits per heavy atom. The van der Waals surface area contributed by atoms with E-state index in [0.29, 0.717) is 38.2 Å². The zero-order chi connectivity index (χ0) is 26.4. The van der Waals surface area contributed by atoms with Crippen molar-refractivity contribution < 1.29 is 17.9 Å². The molecule has 0 radical (unpaired) electrons. The minimum Gasteiger partial charge on any atom is -0.497 e. The number of carbonyl (C=O) groups is 1. The van der Waals surface area contributed by atoms with Crippen LogP contribution in [0.2, 0.25) is 0 Å². The van der Waals surface area contributed by atoms with Gasteiger partial charge in [-0.2, -0.15) is 4.31 Å².